The van der Waals surface area contributed by atoms with Crippen LogP contribution >= 0.6 is 15.9 Å². The van der Waals surface area contributed by atoms with Crippen molar-refractivity contribution in [1.29, 1.82) is 0 Å². The first-order chi connectivity index (χ1) is 9.58. The number of amides is 1. The number of carbonyl (C=O) groups excluding carboxylic acids is 1. The van der Waals surface area contributed by atoms with Crippen molar-refractivity contribution < 1.29 is 13.9 Å². The number of likely N-dealkylation sites (N-methyl/N-ethyl adjacent to an activating group) is 1. The van der Waals surface area contributed by atoms with Gasteiger partial charge in [-0.1, -0.05) is 18.2 Å². The molecule has 0 bridgehead atoms. The van der Waals surface area contributed by atoms with E-state index in [-0.39, 0.29) is 18.3 Å². The van der Waals surface area contributed by atoms with Crippen molar-refractivity contribution in [3.63, 3.8) is 0 Å². The fraction of sp³-hybridized carbons (Fsp3) is 0.133. The number of hydrogen-bond acceptors (Lipinski definition) is 2. The second-order valence-electron chi connectivity index (χ2n) is 4.15. The molecule has 0 aromatic heterocycles. The SMILES string of the molecule is CN(C(=O)COc1ccc(F)cc1Br)c1ccccc1. The predicted molar refractivity (Wildman–Crippen MR) is 79.4 cm³/mol. The highest BCUT2D eigenvalue weighted by molar-refractivity contribution is 9.10. The molecule has 0 fully saturated rings. The minimum Gasteiger partial charge on any atom is -0.483 e. The number of rotatable bonds is 4. The molecule has 1 amide bonds. The summed E-state index contributed by atoms with van der Waals surface area (Å²) in [7, 11) is 1.68. The molecular weight excluding hydrogens is 325 g/mol. The van der Waals surface area contributed by atoms with Gasteiger partial charge in [-0.15, -0.1) is 0 Å². The summed E-state index contributed by atoms with van der Waals surface area (Å²) in [5, 5.41) is 0. The Morgan fingerprint density at radius 2 is 1.95 bits per heavy atom. The Bertz CT molecular complexity index is 604. The van der Waals surface area contributed by atoms with Gasteiger partial charge in [-0.05, 0) is 46.3 Å². The van der Waals surface area contributed by atoms with Gasteiger partial charge < -0.3 is 9.64 Å². The van der Waals surface area contributed by atoms with Gasteiger partial charge >= 0.3 is 0 Å². The molecule has 0 saturated heterocycles. The van der Waals surface area contributed by atoms with Gasteiger partial charge in [0, 0.05) is 12.7 Å². The molecule has 0 N–H and O–H groups in total. The van der Waals surface area contributed by atoms with Crippen LogP contribution in [0.5, 0.6) is 5.75 Å². The van der Waals surface area contributed by atoms with Crippen molar-refractivity contribution in [2.45, 2.75) is 0 Å². The molecular formula is C15H13BrFNO2. The van der Waals surface area contributed by atoms with Gasteiger partial charge in [0.15, 0.2) is 6.61 Å². The Hall–Kier alpha value is -1.88. The van der Waals surface area contributed by atoms with Crippen LogP contribution in [0.1, 0.15) is 0 Å². The lowest BCUT2D eigenvalue weighted by molar-refractivity contribution is -0.120. The summed E-state index contributed by atoms with van der Waals surface area (Å²) in [6.07, 6.45) is 0. The number of nitrogens with zero attached hydrogens (tertiary/aromatic N) is 1. The molecule has 0 aliphatic rings. The molecule has 3 nitrogen and oxygen atoms in total. The Kier molecular flexibility index (Phi) is 4.74. The largest absolute Gasteiger partial charge is 0.483 e. The van der Waals surface area contributed by atoms with E-state index in [4.69, 9.17) is 4.74 Å². The fourth-order valence-electron chi connectivity index (χ4n) is 1.62. The number of anilines is 1. The van der Waals surface area contributed by atoms with E-state index in [1.807, 2.05) is 30.3 Å². The van der Waals surface area contributed by atoms with E-state index in [0.29, 0.717) is 10.2 Å². The molecule has 0 aliphatic heterocycles. The number of carbonyl (C=O) groups is 1. The average molecular weight is 338 g/mol. The number of benzene rings is 2. The standard InChI is InChI=1S/C15H13BrFNO2/c1-18(12-5-3-2-4-6-12)15(19)10-20-14-8-7-11(17)9-13(14)16/h2-9H,10H2,1H3. The number of para-hydroxylation sites is 1. The van der Waals surface area contributed by atoms with Crippen LogP contribution in [0.2, 0.25) is 0 Å². The van der Waals surface area contributed by atoms with Crippen LogP contribution < -0.4 is 9.64 Å². The number of ether oxygens (including phenoxy) is 1. The summed E-state index contributed by atoms with van der Waals surface area (Å²) in [5.41, 5.74) is 0.791. The van der Waals surface area contributed by atoms with Crippen LogP contribution in [0, 0.1) is 5.82 Å². The number of halogens is 2. The van der Waals surface area contributed by atoms with Crippen LogP contribution in [0.25, 0.3) is 0 Å². The van der Waals surface area contributed by atoms with Gasteiger partial charge in [0.1, 0.15) is 11.6 Å². The summed E-state index contributed by atoms with van der Waals surface area (Å²) < 4.78 is 18.8. The first-order valence-corrected chi connectivity index (χ1v) is 6.76. The van der Waals surface area contributed by atoms with E-state index in [2.05, 4.69) is 15.9 Å². The van der Waals surface area contributed by atoms with E-state index < -0.39 is 0 Å². The zero-order valence-electron chi connectivity index (χ0n) is 10.8. The summed E-state index contributed by atoms with van der Waals surface area (Å²) in [4.78, 5) is 13.5. The molecule has 0 unspecified atom stereocenters. The van der Waals surface area contributed by atoms with Crippen molar-refractivity contribution in [3.8, 4) is 5.75 Å². The Balaban J connectivity index is 1.98. The van der Waals surface area contributed by atoms with Gasteiger partial charge in [-0.3, -0.25) is 4.79 Å². The first-order valence-electron chi connectivity index (χ1n) is 5.97. The second-order valence-corrected chi connectivity index (χ2v) is 5.01. The smallest absolute Gasteiger partial charge is 0.264 e. The Morgan fingerprint density at radius 3 is 2.60 bits per heavy atom. The van der Waals surface area contributed by atoms with Crippen LogP contribution in [0.3, 0.4) is 0 Å². The molecule has 2 aromatic carbocycles. The quantitative estimate of drug-likeness (QED) is 0.852. The monoisotopic (exact) mass is 337 g/mol. The zero-order chi connectivity index (χ0) is 14.5. The van der Waals surface area contributed by atoms with E-state index in [1.165, 1.54) is 23.1 Å². The molecule has 20 heavy (non-hydrogen) atoms. The Morgan fingerprint density at radius 1 is 1.25 bits per heavy atom. The van der Waals surface area contributed by atoms with Crippen LogP contribution in [-0.4, -0.2) is 19.6 Å². The average Bonchev–Trinajstić information content (AvgIpc) is 2.46. The lowest BCUT2D eigenvalue weighted by Crippen LogP contribution is -2.31. The van der Waals surface area contributed by atoms with Crippen molar-refractivity contribution in [1.82, 2.24) is 0 Å². The van der Waals surface area contributed by atoms with E-state index in [1.54, 1.807) is 7.05 Å². The third kappa shape index (κ3) is 3.57. The minimum absolute atomic E-state index is 0.115. The molecule has 0 atom stereocenters. The lowest BCUT2D eigenvalue weighted by Gasteiger charge is -2.17. The lowest BCUT2D eigenvalue weighted by atomic mass is 10.3. The number of hydrogen-bond donors (Lipinski definition) is 0. The maximum absolute atomic E-state index is 12.9. The van der Waals surface area contributed by atoms with E-state index in [9.17, 15) is 9.18 Å². The maximum Gasteiger partial charge on any atom is 0.264 e. The summed E-state index contributed by atoms with van der Waals surface area (Å²) in [6.45, 7) is -0.115. The van der Waals surface area contributed by atoms with E-state index >= 15 is 0 Å². The fourth-order valence-corrected chi connectivity index (χ4v) is 2.09. The van der Waals surface area contributed by atoms with Crippen LogP contribution in [-0.2, 0) is 4.79 Å². The highest BCUT2D eigenvalue weighted by Crippen LogP contribution is 2.25. The minimum atomic E-state index is -0.364. The third-order valence-electron chi connectivity index (χ3n) is 2.76. The molecule has 104 valence electrons. The van der Waals surface area contributed by atoms with Gasteiger partial charge in [0.2, 0.25) is 0 Å². The molecule has 0 saturated carbocycles. The van der Waals surface area contributed by atoms with E-state index in [0.717, 1.165) is 5.69 Å². The zero-order valence-corrected chi connectivity index (χ0v) is 12.4. The van der Waals surface area contributed by atoms with Crippen LogP contribution in [0.15, 0.2) is 53.0 Å². The highest BCUT2D eigenvalue weighted by atomic mass is 79.9. The molecule has 2 rings (SSSR count). The van der Waals surface area contributed by atoms with Crippen molar-refractivity contribution in [2.24, 2.45) is 0 Å². The third-order valence-corrected chi connectivity index (χ3v) is 3.38. The first kappa shape index (κ1) is 14.5. The maximum atomic E-state index is 12.9. The van der Waals surface area contributed by atoms with Gasteiger partial charge in [-0.2, -0.15) is 0 Å². The van der Waals surface area contributed by atoms with Crippen molar-refractivity contribution in [3.05, 3.63) is 58.8 Å². The summed E-state index contributed by atoms with van der Waals surface area (Å²) >= 11 is 3.19. The Labute approximate surface area is 125 Å². The molecule has 0 heterocycles. The molecule has 5 heteroatoms. The van der Waals surface area contributed by atoms with Gasteiger partial charge in [0.05, 0.1) is 4.47 Å². The predicted octanol–water partition coefficient (Wildman–Crippen LogP) is 3.63. The topological polar surface area (TPSA) is 29.5 Å². The van der Waals surface area contributed by atoms with Crippen LogP contribution in [0.4, 0.5) is 10.1 Å². The molecule has 0 spiro atoms. The normalized spacial score (nSPS) is 10.2. The molecule has 0 radical (unpaired) electrons. The second kappa shape index (κ2) is 6.52. The summed E-state index contributed by atoms with van der Waals surface area (Å²) in [5.74, 6) is -0.120. The molecule has 2 aromatic rings. The van der Waals surface area contributed by atoms with Crippen molar-refractivity contribution >= 4 is 27.5 Å². The highest BCUT2D eigenvalue weighted by Gasteiger charge is 2.12. The molecule has 0 aliphatic carbocycles. The van der Waals surface area contributed by atoms with Gasteiger partial charge in [-0.25, -0.2) is 4.39 Å². The summed E-state index contributed by atoms with van der Waals surface area (Å²) in [6, 6.07) is 13.3. The van der Waals surface area contributed by atoms with Gasteiger partial charge in [0.25, 0.3) is 5.91 Å². The van der Waals surface area contributed by atoms with Crippen molar-refractivity contribution in [2.75, 3.05) is 18.6 Å².